The second-order valence-corrected chi connectivity index (χ2v) is 11.4. The fourth-order valence-electron chi connectivity index (χ4n) is 3.32. The van der Waals surface area contributed by atoms with Gasteiger partial charge in [-0.2, -0.15) is 0 Å². The van der Waals surface area contributed by atoms with Crippen molar-refractivity contribution in [3.05, 3.63) is 0 Å². The van der Waals surface area contributed by atoms with Crippen molar-refractivity contribution in [2.45, 2.75) is 77.7 Å². The molecule has 1 unspecified atom stereocenters. The number of hydrogen-bond acceptors (Lipinski definition) is 0. The zero-order chi connectivity index (χ0) is 13.6. The normalized spacial score (nSPS) is 14.5. The first-order valence-electron chi connectivity index (χ1n) is 7.60. The van der Waals surface area contributed by atoms with Crippen LogP contribution in [0.4, 0.5) is 0 Å². The van der Waals surface area contributed by atoms with E-state index in [2.05, 4.69) is 55.4 Å². The van der Waals surface area contributed by atoms with E-state index in [9.17, 15) is 0 Å². The smallest absolute Gasteiger partial charge is 0.0915 e. The highest BCUT2D eigenvalue weighted by Gasteiger charge is 2.24. The van der Waals surface area contributed by atoms with Gasteiger partial charge in [0.1, 0.15) is 0 Å². The molecule has 0 radical (unpaired) electrons. The van der Waals surface area contributed by atoms with Crippen LogP contribution in [0.1, 0.15) is 61.8 Å². The molecule has 1 atom stereocenters. The van der Waals surface area contributed by atoms with Crippen LogP contribution in [-0.4, -0.2) is 14.1 Å². The molecular formula is C16H35Al. The third kappa shape index (κ3) is 11.4. The Morgan fingerprint density at radius 3 is 1.47 bits per heavy atom. The first kappa shape index (κ1) is 17.5. The van der Waals surface area contributed by atoms with Crippen molar-refractivity contribution in [1.82, 2.24) is 0 Å². The molecule has 0 rings (SSSR count). The van der Waals surface area contributed by atoms with Crippen molar-refractivity contribution >= 4 is 14.1 Å². The van der Waals surface area contributed by atoms with Gasteiger partial charge in [0.15, 0.2) is 0 Å². The third-order valence-corrected chi connectivity index (χ3v) is 8.00. The first-order valence-corrected chi connectivity index (χ1v) is 10.0. The summed E-state index contributed by atoms with van der Waals surface area (Å²) in [5.41, 5.74) is 0.508. The quantitative estimate of drug-likeness (QED) is 0.499. The molecule has 0 aromatic heterocycles. The summed E-state index contributed by atoms with van der Waals surface area (Å²) in [6.45, 7) is 19.2. The fraction of sp³-hybridized carbons (Fsp3) is 1.00. The Morgan fingerprint density at radius 2 is 1.18 bits per heavy atom. The highest BCUT2D eigenvalue weighted by Crippen LogP contribution is 2.30. The highest BCUT2D eigenvalue weighted by atomic mass is 27.2. The lowest BCUT2D eigenvalue weighted by atomic mass is 9.86. The van der Waals surface area contributed by atoms with Gasteiger partial charge in [-0.25, -0.2) is 0 Å². The summed E-state index contributed by atoms with van der Waals surface area (Å²) in [5.74, 6) is 2.75. The minimum absolute atomic E-state index is 0.497. The van der Waals surface area contributed by atoms with E-state index in [0.29, 0.717) is 5.41 Å². The van der Waals surface area contributed by atoms with Gasteiger partial charge in [0.2, 0.25) is 0 Å². The van der Waals surface area contributed by atoms with Gasteiger partial charge in [0.05, 0.1) is 0 Å². The van der Waals surface area contributed by atoms with E-state index in [4.69, 9.17) is 0 Å². The maximum absolute atomic E-state index is 2.48. The van der Waals surface area contributed by atoms with Crippen LogP contribution in [0.25, 0.3) is 0 Å². The van der Waals surface area contributed by atoms with E-state index in [0.717, 1.165) is 17.8 Å². The maximum atomic E-state index is 2.48. The van der Waals surface area contributed by atoms with E-state index in [1.165, 1.54) is 6.42 Å². The topological polar surface area (TPSA) is 0 Å². The molecule has 0 heterocycles. The molecule has 0 amide bonds. The molecule has 0 nitrogen and oxygen atoms in total. The van der Waals surface area contributed by atoms with E-state index < -0.39 is 14.1 Å². The third-order valence-electron chi connectivity index (χ3n) is 3.31. The molecular weight excluding hydrogens is 219 g/mol. The Morgan fingerprint density at radius 1 is 0.765 bits per heavy atom. The molecule has 0 N–H and O–H groups in total. The van der Waals surface area contributed by atoms with Crippen LogP contribution in [0.15, 0.2) is 0 Å². The number of rotatable bonds is 7. The Labute approximate surface area is 115 Å². The lowest BCUT2D eigenvalue weighted by Crippen LogP contribution is -2.22. The molecule has 0 aromatic carbocycles. The molecule has 0 fully saturated rings. The van der Waals surface area contributed by atoms with E-state index in [1.807, 2.05) is 0 Å². The van der Waals surface area contributed by atoms with Crippen LogP contribution in [0, 0.1) is 23.2 Å². The summed E-state index contributed by atoms with van der Waals surface area (Å²) in [4.78, 5) is 0. The van der Waals surface area contributed by atoms with Crippen molar-refractivity contribution in [1.29, 1.82) is 0 Å². The lowest BCUT2D eigenvalue weighted by molar-refractivity contribution is 0.319. The molecule has 0 spiro atoms. The average Bonchev–Trinajstić information content (AvgIpc) is 1.95. The van der Waals surface area contributed by atoms with Crippen LogP contribution >= 0.6 is 0 Å². The summed E-state index contributed by atoms with van der Waals surface area (Å²) < 4.78 is 0. The summed E-state index contributed by atoms with van der Waals surface area (Å²) >= 11 is -0.497. The zero-order valence-electron chi connectivity index (χ0n) is 13.6. The Kier molecular flexibility index (Phi) is 8.10. The molecule has 0 saturated heterocycles. The molecule has 17 heavy (non-hydrogen) atoms. The lowest BCUT2D eigenvalue weighted by Gasteiger charge is -2.26. The molecule has 1 heteroatoms. The predicted molar refractivity (Wildman–Crippen MR) is 83.1 cm³/mol. The molecule has 0 aromatic rings. The summed E-state index contributed by atoms with van der Waals surface area (Å²) in [5, 5.41) is 4.66. The van der Waals surface area contributed by atoms with Gasteiger partial charge in [0, 0.05) is 0 Å². The van der Waals surface area contributed by atoms with Gasteiger partial charge >= 0.3 is 0 Å². The van der Waals surface area contributed by atoms with Crippen LogP contribution in [0.5, 0.6) is 0 Å². The second-order valence-electron chi connectivity index (χ2n) is 8.23. The minimum Gasteiger partial charge on any atom is -0.0915 e. The van der Waals surface area contributed by atoms with Crippen LogP contribution in [0.2, 0.25) is 15.8 Å². The standard InChI is InChI=1S/C8H17.2C4H9.Al/c1-7(2)6-8(3,4)5;2*1-4(2)3;/h7H,1,6H2,2-5H3;2*4H,1H2,2-3H3;. The van der Waals surface area contributed by atoms with Crippen LogP contribution in [0.3, 0.4) is 0 Å². The van der Waals surface area contributed by atoms with Crippen molar-refractivity contribution in [2.75, 3.05) is 0 Å². The molecule has 102 valence electrons. The Hall–Kier alpha value is 0.532. The molecule has 0 saturated carbocycles. The minimum atomic E-state index is -0.497. The van der Waals surface area contributed by atoms with E-state index in [-0.39, 0.29) is 0 Å². The van der Waals surface area contributed by atoms with Gasteiger partial charge in [-0.05, 0) is 11.8 Å². The van der Waals surface area contributed by atoms with Crippen molar-refractivity contribution < 1.29 is 0 Å². The SMILES string of the molecule is CC(C)[CH2][Al]([CH2]C(C)C)[CH2]C(C)CC(C)(C)C. The van der Waals surface area contributed by atoms with Crippen molar-refractivity contribution in [2.24, 2.45) is 23.2 Å². The van der Waals surface area contributed by atoms with Gasteiger partial charge < -0.3 is 0 Å². The highest BCUT2D eigenvalue weighted by molar-refractivity contribution is 6.58. The van der Waals surface area contributed by atoms with Crippen LogP contribution < -0.4 is 0 Å². The van der Waals surface area contributed by atoms with Crippen molar-refractivity contribution in [3.63, 3.8) is 0 Å². The Balaban J connectivity index is 4.21. The summed E-state index contributed by atoms with van der Waals surface area (Å²) in [6.07, 6.45) is 1.40. The zero-order valence-corrected chi connectivity index (χ0v) is 14.8. The molecule has 0 aliphatic heterocycles. The second kappa shape index (κ2) is 7.86. The predicted octanol–water partition coefficient (Wildman–Crippen LogP) is 5.87. The monoisotopic (exact) mass is 254 g/mol. The first-order chi connectivity index (χ1) is 7.60. The fourth-order valence-corrected chi connectivity index (χ4v) is 7.87. The largest absolute Gasteiger partial charge is 0.262 e. The van der Waals surface area contributed by atoms with Gasteiger partial charge in [0.25, 0.3) is 14.1 Å². The van der Waals surface area contributed by atoms with Gasteiger partial charge in [-0.15, -0.1) is 0 Å². The molecule has 0 aliphatic rings. The maximum Gasteiger partial charge on any atom is 0.262 e. The molecule has 0 aliphatic carbocycles. The molecule has 0 bridgehead atoms. The summed E-state index contributed by atoms with van der Waals surface area (Å²) in [7, 11) is 0. The van der Waals surface area contributed by atoms with E-state index >= 15 is 0 Å². The number of hydrogen-bond donors (Lipinski definition) is 0. The van der Waals surface area contributed by atoms with Gasteiger partial charge in [-0.3, -0.25) is 0 Å². The van der Waals surface area contributed by atoms with Crippen molar-refractivity contribution in [3.8, 4) is 0 Å². The summed E-state index contributed by atoms with van der Waals surface area (Å²) in [6, 6.07) is 0. The van der Waals surface area contributed by atoms with E-state index in [1.54, 1.807) is 15.8 Å². The van der Waals surface area contributed by atoms with Crippen LogP contribution in [-0.2, 0) is 0 Å². The average molecular weight is 254 g/mol. The van der Waals surface area contributed by atoms with Gasteiger partial charge in [-0.1, -0.05) is 89.0 Å². The Bertz CT molecular complexity index is 178.